The zero-order chi connectivity index (χ0) is 35.8. The monoisotopic (exact) mass is 685 g/mol. The number of pyridine rings is 1. The Hall–Kier alpha value is -7.09. The molecule has 0 unspecified atom stereocenters. The molecule has 0 bridgehead atoms. The first-order valence-electron chi connectivity index (χ1n) is 18.6. The first-order chi connectivity index (χ1) is 26.8. The minimum atomic E-state index is 0.957. The van der Waals surface area contributed by atoms with Crippen molar-refractivity contribution in [2.75, 3.05) is 0 Å². The molecule has 0 saturated carbocycles. The van der Waals surface area contributed by atoms with E-state index in [1.807, 2.05) is 6.20 Å². The van der Waals surface area contributed by atoms with Gasteiger partial charge in [0.15, 0.2) is 0 Å². The van der Waals surface area contributed by atoms with Gasteiger partial charge >= 0.3 is 0 Å². The lowest BCUT2D eigenvalue weighted by atomic mass is 9.81. The third-order valence-electron chi connectivity index (χ3n) is 10.8. The molecule has 1 heteroatoms. The fourth-order valence-corrected chi connectivity index (χ4v) is 8.44. The van der Waals surface area contributed by atoms with E-state index in [2.05, 4.69) is 206 Å². The predicted molar refractivity (Wildman–Crippen MR) is 229 cm³/mol. The van der Waals surface area contributed by atoms with Crippen LogP contribution in [0.5, 0.6) is 0 Å². The van der Waals surface area contributed by atoms with Crippen LogP contribution in [-0.4, -0.2) is 4.98 Å². The summed E-state index contributed by atoms with van der Waals surface area (Å²) in [6.07, 6.45) is 1.98. The van der Waals surface area contributed by atoms with Crippen LogP contribution in [0.25, 0.3) is 99.2 Å². The molecule has 0 fully saturated rings. The molecule has 10 rings (SSSR count). The molecular weight excluding hydrogens is 651 g/mol. The van der Waals surface area contributed by atoms with Crippen molar-refractivity contribution in [2.45, 2.75) is 0 Å². The molecule has 0 amide bonds. The molecule has 0 atom stereocenters. The summed E-state index contributed by atoms with van der Waals surface area (Å²) in [7, 11) is 0. The van der Waals surface area contributed by atoms with Crippen LogP contribution in [0.2, 0.25) is 0 Å². The SMILES string of the molecule is c1ccc(-c2ccccc2-c2cccc(-c3nccc(-c4ccccc4)c3-c3ccccc3)c2-c2cccc3c4ccccc4c4ccccc4c23)cc1. The molecule has 1 heterocycles. The first kappa shape index (κ1) is 31.6. The summed E-state index contributed by atoms with van der Waals surface area (Å²) in [5.41, 5.74) is 13.7. The standard InChI is InChI=1S/C53H35N/c1-4-18-36(19-5-1)39-24-10-11-25-41(39)46-31-17-33-49(53-50(38-22-8-3-9-23-38)40(34-35-54-53)37-20-6-2-7-21-37)52(46)48-32-16-30-47-44-27-13-12-26-42(44)43-28-14-15-29-45(43)51(47)48/h1-35H. The highest BCUT2D eigenvalue weighted by Crippen LogP contribution is 2.50. The van der Waals surface area contributed by atoms with E-state index in [0.717, 1.165) is 33.5 Å². The van der Waals surface area contributed by atoms with Crippen molar-refractivity contribution in [3.63, 3.8) is 0 Å². The van der Waals surface area contributed by atoms with Gasteiger partial charge in [-0.2, -0.15) is 0 Å². The zero-order valence-electron chi connectivity index (χ0n) is 29.7. The number of hydrogen-bond acceptors (Lipinski definition) is 1. The lowest BCUT2D eigenvalue weighted by molar-refractivity contribution is 1.32. The third-order valence-corrected chi connectivity index (χ3v) is 10.8. The quantitative estimate of drug-likeness (QED) is 0.159. The molecular formula is C53H35N. The van der Waals surface area contributed by atoms with Gasteiger partial charge in [-0.15, -0.1) is 0 Å². The smallest absolute Gasteiger partial charge is 0.0792 e. The molecule has 1 aromatic heterocycles. The highest BCUT2D eigenvalue weighted by atomic mass is 14.7. The molecule has 0 radical (unpaired) electrons. The van der Waals surface area contributed by atoms with Crippen molar-refractivity contribution in [3.05, 3.63) is 212 Å². The summed E-state index contributed by atoms with van der Waals surface area (Å²) in [6.45, 7) is 0. The average molecular weight is 686 g/mol. The molecule has 0 N–H and O–H groups in total. The van der Waals surface area contributed by atoms with Gasteiger partial charge in [0.1, 0.15) is 0 Å². The Bertz CT molecular complexity index is 2920. The molecule has 54 heavy (non-hydrogen) atoms. The second-order valence-electron chi connectivity index (χ2n) is 13.8. The highest BCUT2D eigenvalue weighted by molar-refractivity contribution is 6.29. The average Bonchev–Trinajstić information content (AvgIpc) is 3.26. The van der Waals surface area contributed by atoms with Gasteiger partial charge in [-0.1, -0.05) is 200 Å². The maximum absolute atomic E-state index is 5.31. The maximum Gasteiger partial charge on any atom is 0.0792 e. The van der Waals surface area contributed by atoms with E-state index < -0.39 is 0 Å². The number of benzene rings is 9. The molecule has 0 spiro atoms. The van der Waals surface area contributed by atoms with E-state index in [1.165, 1.54) is 65.7 Å². The van der Waals surface area contributed by atoms with Gasteiger partial charge in [0.05, 0.1) is 5.69 Å². The van der Waals surface area contributed by atoms with E-state index in [0.29, 0.717) is 0 Å². The van der Waals surface area contributed by atoms with Gasteiger partial charge in [0.2, 0.25) is 0 Å². The Labute approximate surface area is 315 Å². The van der Waals surface area contributed by atoms with Gasteiger partial charge in [-0.05, 0) is 88.5 Å². The van der Waals surface area contributed by atoms with Crippen LogP contribution in [0.4, 0.5) is 0 Å². The van der Waals surface area contributed by atoms with Gasteiger partial charge in [0, 0.05) is 17.3 Å². The van der Waals surface area contributed by atoms with Crippen LogP contribution >= 0.6 is 0 Å². The van der Waals surface area contributed by atoms with Crippen molar-refractivity contribution in [3.8, 4) is 66.9 Å². The molecule has 252 valence electrons. The molecule has 0 aliphatic rings. The second kappa shape index (κ2) is 13.5. The van der Waals surface area contributed by atoms with Crippen LogP contribution in [-0.2, 0) is 0 Å². The minimum absolute atomic E-state index is 0.957. The van der Waals surface area contributed by atoms with E-state index in [-0.39, 0.29) is 0 Å². The fraction of sp³-hybridized carbons (Fsp3) is 0. The third kappa shape index (κ3) is 5.29. The maximum atomic E-state index is 5.31. The Morgan fingerprint density at radius 3 is 1.31 bits per heavy atom. The predicted octanol–water partition coefficient (Wildman–Crippen LogP) is 14.5. The van der Waals surface area contributed by atoms with Crippen LogP contribution in [0.3, 0.4) is 0 Å². The van der Waals surface area contributed by atoms with E-state index >= 15 is 0 Å². The van der Waals surface area contributed by atoms with Crippen molar-refractivity contribution < 1.29 is 0 Å². The number of aromatic nitrogens is 1. The molecule has 1 nitrogen and oxygen atoms in total. The number of fused-ring (bicyclic) bond motifs is 6. The van der Waals surface area contributed by atoms with E-state index in [9.17, 15) is 0 Å². The van der Waals surface area contributed by atoms with Gasteiger partial charge < -0.3 is 0 Å². The van der Waals surface area contributed by atoms with Gasteiger partial charge in [-0.3, -0.25) is 4.98 Å². The molecule has 9 aromatic carbocycles. The summed E-state index contributed by atoms with van der Waals surface area (Å²) in [5, 5.41) is 7.51. The number of nitrogens with zero attached hydrogens (tertiary/aromatic N) is 1. The molecule has 0 saturated heterocycles. The zero-order valence-corrected chi connectivity index (χ0v) is 29.7. The van der Waals surface area contributed by atoms with Crippen LogP contribution in [0.15, 0.2) is 212 Å². The van der Waals surface area contributed by atoms with Gasteiger partial charge in [0.25, 0.3) is 0 Å². The molecule has 10 aromatic rings. The Kier molecular flexibility index (Phi) is 7.89. The van der Waals surface area contributed by atoms with E-state index in [1.54, 1.807) is 0 Å². The Balaban J connectivity index is 1.38. The summed E-state index contributed by atoms with van der Waals surface area (Å²) < 4.78 is 0. The lowest BCUT2D eigenvalue weighted by Gasteiger charge is -2.23. The normalized spacial score (nSPS) is 11.3. The van der Waals surface area contributed by atoms with E-state index in [4.69, 9.17) is 4.98 Å². The van der Waals surface area contributed by atoms with Crippen molar-refractivity contribution in [2.24, 2.45) is 0 Å². The van der Waals surface area contributed by atoms with Gasteiger partial charge in [-0.25, -0.2) is 0 Å². The number of rotatable bonds is 6. The van der Waals surface area contributed by atoms with Crippen molar-refractivity contribution in [1.29, 1.82) is 0 Å². The van der Waals surface area contributed by atoms with Crippen LogP contribution < -0.4 is 0 Å². The first-order valence-corrected chi connectivity index (χ1v) is 18.6. The largest absolute Gasteiger partial charge is 0.256 e. The summed E-state index contributed by atoms with van der Waals surface area (Å²) in [6, 6.07) is 74.5. The van der Waals surface area contributed by atoms with Crippen molar-refractivity contribution >= 4 is 32.3 Å². The van der Waals surface area contributed by atoms with Crippen LogP contribution in [0.1, 0.15) is 0 Å². The fourth-order valence-electron chi connectivity index (χ4n) is 8.44. The van der Waals surface area contributed by atoms with Crippen molar-refractivity contribution in [1.82, 2.24) is 4.98 Å². The summed E-state index contributed by atoms with van der Waals surface area (Å²) in [4.78, 5) is 5.31. The minimum Gasteiger partial charge on any atom is -0.256 e. The Morgan fingerprint density at radius 2 is 0.667 bits per heavy atom. The topological polar surface area (TPSA) is 12.9 Å². The number of hydrogen-bond donors (Lipinski definition) is 0. The summed E-state index contributed by atoms with van der Waals surface area (Å²) >= 11 is 0. The highest BCUT2D eigenvalue weighted by Gasteiger charge is 2.24. The molecule has 0 aliphatic heterocycles. The lowest BCUT2D eigenvalue weighted by Crippen LogP contribution is -1.98. The van der Waals surface area contributed by atoms with Crippen LogP contribution in [0, 0.1) is 0 Å². The second-order valence-corrected chi connectivity index (χ2v) is 13.8. The Morgan fingerprint density at radius 1 is 0.241 bits per heavy atom. The summed E-state index contributed by atoms with van der Waals surface area (Å²) in [5.74, 6) is 0. The molecule has 0 aliphatic carbocycles.